The molecule has 1 fully saturated rings. The van der Waals surface area contributed by atoms with Crippen LogP contribution in [0.15, 0.2) is 42.0 Å². The number of carbonyl (C=O) groups excluding carboxylic acids is 2. The molecule has 1 N–H and O–H groups in total. The number of nitrogens with one attached hydrogen (secondary N) is 1. The van der Waals surface area contributed by atoms with E-state index in [2.05, 4.69) is 15.4 Å². The highest BCUT2D eigenvalue weighted by Crippen LogP contribution is 2.17. The first-order valence-electron chi connectivity index (χ1n) is 8.15. The molecular formula is C17H17N5O2S. The molecule has 4 heterocycles. The van der Waals surface area contributed by atoms with E-state index in [0.29, 0.717) is 17.9 Å². The molecule has 0 bridgehead atoms. The monoisotopic (exact) mass is 355 g/mol. The van der Waals surface area contributed by atoms with Crippen molar-refractivity contribution >= 4 is 28.8 Å². The highest BCUT2D eigenvalue weighted by Gasteiger charge is 2.26. The van der Waals surface area contributed by atoms with E-state index in [0.717, 1.165) is 24.3 Å². The fourth-order valence-corrected chi connectivity index (χ4v) is 3.73. The van der Waals surface area contributed by atoms with Crippen molar-refractivity contribution in [3.8, 4) is 0 Å². The number of hydrogen-bond donors (Lipinski definition) is 1. The molecule has 0 aromatic carbocycles. The zero-order valence-corrected chi connectivity index (χ0v) is 14.3. The van der Waals surface area contributed by atoms with E-state index in [1.54, 1.807) is 29.0 Å². The number of nitrogens with zero attached hydrogens (tertiary/aromatic N) is 4. The van der Waals surface area contributed by atoms with Gasteiger partial charge in [-0.25, -0.2) is 9.50 Å². The number of fused-ring (bicyclic) bond motifs is 1. The zero-order valence-electron chi connectivity index (χ0n) is 13.5. The second-order valence-electron chi connectivity index (χ2n) is 5.99. The molecule has 0 saturated carbocycles. The van der Waals surface area contributed by atoms with Gasteiger partial charge in [0.25, 0.3) is 11.8 Å². The maximum atomic E-state index is 12.5. The molecule has 3 aromatic heterocycles. The summed E-state index contributed by atoms with van der Waals surface area (Å²) in [6.07, 6.45) is 5.13. The first-order chi connectivity index (χ1) is 12.2. The van der Waals surface area contributed by atoms with Crippen LogP contribution in [0.25, 0.3) is 5.65 Å². The van der Waals surface area contributed by atoms with Crippen molar-refractivity contribution in [1.29, 1.82) is 0 Å². The predicted molar refractivity (Wildman–Crippen MR) is 93.7 cm³/mol. The number of amides is 2. The van der Waals surface area contributed by atoms with Gasteiger partial charge < -0.3 is 10.2 Å². The average Bonchev–Trinajstić information content (AvgIpc) is 3.31. The van der Waals surface area contributed by atoms with Crippen LogP contribution in [-0.2, 0) is 0 Å². The first kappa shape index (κ1) is 15.8. The molecule has 0 aliphatic carbocycles. The van der Waals surface area contributed by atoms with Crippen molar-refractivity contribution in [2.75, 3.05) is 13.1 Å². The van der Waals surface area contributed by atoms with Crippen molar-refractivity contribution in [3.63, 3.8) is 0 Å². The molecule has 128 valence electrons. The molecule has 3 aromatic rings. The highest BCUT2D eigenvalue weighted by molar-refractivity contribution is 7.12. The Balaban J connectivity index is 1.43. The number of likely N-dealkylation sites (tertiary alicyclic amines) is 1. The molecule has 1 saturated heterocycles. The fourth-order valence-electron chi connectivity index (χ4n) is 3.04. The van der Waals surface area contributed by atoms with Gasteiger partial charge in [0, 0.05) is 37.6 Å². The Morgan fingerprint density at radius 3 is 3.04 bits per heavy atom. The number of hydrogen-bond acceptors (Lipinski definition) is 5. The van der Waals surface area contributed by atoms with E-state index < -0.39 is 0 Å². The molecule has 8 heteroatoms. The predicted octanol–water partition coefficient (Wildman–Crippen LogP) is 1.83. The Hall–Kier alpha value is -2.74. The van der Waals surface area contributed by atoms with Gasteiger partial charge in [0.05, 0.1) is 4.88 Å². The Kier molecular flexibility index (Phi) is 4.19. The Labute approximate surface area is 148 Å². The third kappa shape index (κ3) is 3.25. The van der Waals surface area contributed by atoms with Gasteiger partial charge in [0.15, 0.2) is 11.3 Å². The van der Waals surface area contributed by atoms with Crippen LogP contribution < -0.4 is 5.32 Å². The lowest BCUT2D eigenvalue weighted by atomic mass is 10.1. The van der Waals surface area contributed by atoms with Gasteiger partial charge in [-0.3, -0.25) is 9.59 Å². The van der Waals surface area contributed by atoms with E-state index in [1.807, 2.05) is 22.4 Å². The Morgan fingerprint density at radius 2 is 2.24 bits per heavy atom. The van der Waals surface area contributed by atoms with E-state index in [9.17, 15) is 9.59 Å². The van der Waals surface area contributed by atoms with Gasteiger partial charge in [0.2, 0.25) is 0 Å². The lowest BCUT2D eigenvalue weighted by molar-refractivity contribution is 0.0679. The molecule has 1 aliphatic heterocycles. The molecule has 0 unspecified atom stereocenters. The third-order valence-electron chi connectivity index (χ3n) is 4.24. The molecule has 0 spiro atoms. The van der Waals surface area contributed by atoms with Crippen LogP contribution in [0.3, 0.4) is 0 Å². The third-order valence-corrected chi connectivity index (χ3v) is 5.10. The standard InChI is InChI=1S/C17H17N5O2S/c23-16(13-10-15-18-6-3-8-22(15)20-13)19-12-4-1-7-21(11-12)17(24)14-5-2-9-25-14/h2-3,5-6,8-10,12H,1,4,7,11H2,(H,19,23)/t12-/m0/s1. The van der Waals surface area contributed by atoms with Crippen LogP contribution in [0.5, 0.6) is 0 Å². The van der Waals surface area contributed by atoms with Crippen molar-refractivity contribution in [3.05, 3.63) is 52.6 Å². The molecule has 1 aliphatic rings. The second-order valence-corrected chi connectivity index (χ2v) is 6.94. The largest absolute Gasteiger partial charge is 0.346 e. The van der Waals surface area contributed by atoms with E-state index in [-0.39, 0.29) is 17.9 Å². The molecule has 2 amide bonds. The van der Waals surface area contributed by atoms with E-state index in [4.69, 9.17) is 0 Å². The van der Waals surface area contributed by atoms with Crippen LogP contribution >= 0.6 is 11.3 Å². The van der Waals surface area contributed by atoms with Gasteiger partial charge in [0.1, 0.15) is 0 Å². The SMILES string of the molecule is O=C(N[C@H]1CCCN(C(=O)c2cccs2)C1)c1cc2ncccn2n1. The lowest BCUT2D eigenvalue weighted by Gasteiger charge is -2.32. The lowest BCUT2D eigenvalue weighted by Crippen LogP contribution is -2.49. The van der Waals surface area contributed by atoms with Crippen LogP contribution in [-0.4, -0.2) is 50.4 Å². The zero-order chi connectivity index (χ0) is 17.2. The van der Waals surface area contributed by atoms with Crippen molar-refractivity contribution in [2.45, 2.75) is 18.9 Å². The van der Waals surface area contributed by atoms with Crippen molar-refractivity contribution < 1.29 is 9.59 Å². The summed E-state index contributed by atoms with van der Waals surface area (Å²) in [6.45, 7) is 1.25. The molecule has 7 nitrogen and oxygen atoms in total. The topological polar surface area (TPSA) is 79.6 Å². The molecular weight excluding hydrogens is 338 g/mol. The van der Waals surface area contributed by atoms with Crippen LogP contribution in [0, 0.1) is 0 Å². The number of carbonyl (C=O) groups is 2. The quantitative estimate of drug-likeness (QED) is 0.777. The minimum Gasteiger partial charge on any atom is -0.346 e. The van der Waals surface area contributed by atoms with E-state index >= 15 is 0 Å². The Bertz CT molecular complexity index is 872. The average molecular weight is 355 g/mol. The summed E-state index contributed by atoms with van der Waals surface area (Å²) in [4.78, 5) is 31.7. The normalized spacial score (nSPS) is 17.6. The van der Waals surface area contributed by atoms with Gasteiger partial charge in [-0.2, -0.15) is 5.10 Å². The maximum absolute atomic E-state index is 12.5. The second kappa shape index (κ2) is 6.64. The van der Waals surface area contributed by atoms with Crippen molar-refractivity contribution in [2.24, 2.45) is 0 Å². The molecule has 4 rings (SSSR count). The smallest absolute Gasteiger partial charge is 0.272 e. The summed E-state index contributed by atoms with van der Waals surface area (Å²) >= 11 is 1.44. The van der Waals surface area contributed by atoms with Crippen LogP contribution in [0.1, 0.15) is 33.0 Å². The summed E-state index contributed by atoms with van der Waals surface area (Å²) in [5, 5.41) is 9.13. The number of aromatic nitrogens is 3. The summed E-state index contributed by atoms with van der Waals surface area (Å²) < 4.78 is 1.57. The summed E-state index contributed by atoms with van der Waals surface area (Å²) in [5.41, 5.74) is 0.964. The van der Waals surface area contributed by atoms with Crippen molar-refractivity contribution in [1.82, 2.24) is 24.8 Å². The van der Waals surface area contributed by atoms with Crippen LogP contribution in [0.2, 0.25) is 0 Å². The van der Waals surface area contributed by atoms with Gasteiger partial charge in [-0.15, -0.1) is 11.3 Å². The molecule has 0 radical (unpaired) electrons. The first-order valence-corrected chi connectivity index (χ1v) is 9.03. The number of rotatable bonds is 3. The minimum atomic E-state index is -0.235. The maximum Gasteiger partial charge on any atom is 0.272 e. The molecule has 25 heavy (non-hydrogen) atoms. The van der Waals surface area contributed by atoms with Crippen LogP contribution in [0.4, 0.5) is 0 Å². The minimum absolute atomic E-state index is 0.0332. The van der Waals surface area contributed by atoms with Gasteiger partial charge in [-0.1, -0.05) is 6.07 Å². The number of piperidine rings is 1. The number of thiophene rings is 1. The summed E-state index contributed by atoms with van der Waals surface area (Å²) in [6, 6.07) is 7.06. The summed E-state index contributed by atoms with van der Waals surface area (Å²) in [5.74, 6) is -0.202. The van der Waals surface area contributed by atoms with Gasteiger partial charge >= 0.3 is 0 Å². The van der Waals surface area contributed by atoms with E-state index in [1.165, 1.54) is 11.3 Å². The Morgan fingerprint density at radius 1 is 1.32 bits per heavy atom. The molecule has 1 atom stereocenters. The fraction of sp³-hybridized carbons (Fsp3) is 0.294. The van der Waals surface area contributed by atoms with Gasteiger partial charge in [-0.05, 0) is 30.4 Å². The highest BCUT2D eigenvalue weighted by atomic mass is 32.1. The summed E-state index contributed by atoms with van der Waals surface area (Å²) in [7, 11) is 0.